The zero-order valence-corrected chi connectivity index (χ0v) is 24.8. The minimum Gasteiger partial charge on any atom is -0.492 e. The average molecular weight is 608 g/mol. The third kappa shape index (κ3) is 6.13. The standard InChI is InChI=1S/C33H26ClN5O3S/c1-3-18-42-26-14-10-22(11-15-26)12-17-30-35-33-39(36-30)32(40)29(43-33)20-24-21-38(25-8-6-5-7-9-25)37-31(24)23-13-16-28(41-4-2)27(34)19-23/h3,5-17,19-21H,1,4,18H2,2H3/b17-12+,29-20-. The van der Waals surface area contributed by atoms with E-state index in [9.17, 15) is 4.79 Å². The summed E-state index contributed by atoms with van der Waals surface area (Å²) in [5.74, 6) is 1.82. The van der Waals surface area contributed by atoms with Crippen LogP contribution in [0.2, 0.25) is 5.02 Å². The van der Waals surface area contributed by atoms with E-state index >= 15 is 0 Å². The molecule has 0 amide bonds. The molecule has 10 heteroatoms. The van der Waals surface area contributed by atoms with E-state index in [1.807, 2.05) is 98.1 Å². The molecule has 3 aromatic carbocycles. The van der Waals surface area contributed by atoms with Gasteiger partial charge >= 0.3 is 0 Å². The van der Waals surface area contributed by atoms with Crippen molar-refractivity contribution in [3.8, 4) is 28.4 Å². The molecule has 0 atom stereocenters. The Balaban J connectivity index is 1.34. The van der Waals surface area contributed by atoms with Crippen molar-refractivity contribution in [3.05, 3.63) is 129 Å². The van der Waals surface area contributed by atoms with Crippen molar-refractivity contribution in [1.82, 2.24) is 24.4 Å². The van der Waals surface area contributed by atoms with Gasteiger partial charge in [-0.1, -0.05) is 72.0 Å². The molecule has 6 aromatic rings. The summed E-state index contributed by atoms with van der Waals surface area (Å²) in [5.41, 5.74) is 3.83. The number of para-hydroxylation sites is 1. The normalized spacial score (nSPS) is 11.9. The number of thiazole rings is 1. The monoisotopic (exact) mass is 607 g/mol. The zero-order valence-electron chi connectivity index (χ0n) is 23.2. The maximum atomic E-state index is 13.4. The van der Waals surface area contributed by atoms with Crippen LogP contribution in [0.1, 0.15) is 23.9 Å². The first-order chi connectivity index (χ1) is 21.0. The second kappa shape index (κ2) is 12.5. The molecular weight excluding hydrogens is 582 g/mol. The van der Waals surface area contributed by atoms with Crippen molar-refractivity contribution < 1.29 is 9.47 Å². The predicted molar refractivity (Wildman–Crippen MR) is 172 cm³/mol. The van der Waals surface area contributed by atoms with Crippen molar-refractivity contribution in [2.24, 2.45) is 0 Å². The Morgan fingerprint density at radius 1 is 1.00 bits per heavy atom. The first kappa shape index (κ1) is 28.1. The van der Waals surface area contributed by atoms with E-state index in [1.54, 1.807) is 16.8 Å². The number of hydrogen-bond acceptors (Lipinski definition) is 7. The Hall–Kier alpha value is -4.99. The molecule has 0 saturated heterocycles. The highest BCUT2D eigenvalue weighted by atomic mass is 35.5. The molecule has 0 fully saturated rings. The molecule has 8 nitrogen and oxygen atoms in total. The van der Waals surface area contributed by atoms with Crippen molar-refractivity contribution >= 4 is 46.1 Å². The molecule has 0 saturated carbocycles. The first-order valence-electron chi connectivity index (χ1n) is 13.5. The summed E-state index contributed by atoms with van der Waals surface area (Å²) < 4.78 is 14.7. The van der Waals surface area contributed by atoms with Gasteiger partial charge in [0.15, 0.2) is 5.82 Å². The lowest BCUT2D eigenvalue weighted by Gasteiger charge is -2.07. The third-order valence-electron chi connectivity index (χ3n) is 6.43. The van der Waals surface area contributed by atoms with Crippen LogP contribution in [-0.2, 0) is 0 Å². The van der Waals surface area contributed by atoms with E-state index in [0.717, 1.165) is 28.1 Å². The van der Waals surface area contributed by atoms with E-state index in [4.69, 9.17) is 26.2 Å². The van der Waals surface area contributed by atoms with Crippen molar-refractivity contribution in [1.29, 1.82) is 0 Å². The van der Waals surface area contributed by atoms with Gasteiger partial charge in [-0.25, -0.2) is 4.68 Å². The van der Waals surface area contributed by atoms with E-state index in [1.165, 1.54) is 15.9 Å². The number of halogens is 1. The molecular formula is C33H26ClN5O3S. The van der Waals surface area contributed by atoms with E-state index in [0.29, 0.717) is 45.0 Å². The number of hydrogen-bond donors (Lipinski definition) is 0. The lowest BCUT2D eigenvalue weighted by molar-refractivity contribution is 0.340. The van der Waals surface area contributed by atoms with Gasteiger partial charge in [0, 0.05) is 17.3 Å². The highest BCUT2D eigenvalue weighted by molar-refractivity contribution is 7.15. The summed E-state index contributed by atoms with van der Waals surface area (Å²) >= 11 is 7.78. The quantitative estimate of drug-likeness (QED) is 0.169. The van der Waals surface area contributed by atoms with Crippen molar-refractivity contribution in [3.63, 3.8) is 0 Å². The smallest absolute Gasteiger partial charge is 0.291 e. The lowest BCUT2D eigenvalue weighted by atomic mass is 10.1. The molecule has 3 heterocycles. The van der Waals surface area contributed by atoms with Crippen LogP contribution in [0, 0.1) is 0 Å². The van der Waals surface area contributed by atoms with Gasteiger partial charge in [0.25, 0.3) is 5.56 Å². The Morgan fingerprint density at radius 2 is 1.81 bits per heavy atom. The maximum Gasteiger partial charge on any atom is 0.291 e. The number of ether oxygens (including phenoxy) is 2. The van der Waals surface area contributed by atoms with Crippen LogP contribution in [-0.4, -0.2) is 37.6 Å². The number of aromatic nitrogens is 5. The largest absolute Gasteiger partial charge is 0.492 e. The van der Waals surface area contributed by atoms with Gasteiger partial charge in [-0.2, -0.15) is 14.6 Å². The van der Waals surface area contributed by atoms with Crippen LogP contribution in [0.15, 0.2) is 96.4 Å². The summed E-state index contributed by atoms with van der Waals surface area (Å²) in [6.45, 7) is 6.53. The second-order valence-corrected chi connectivity index (χ2v) is 10.8. The Kier molecular flexibility index (Phi) is 8.17. The molecule has 0 aliphatic carbocycles. The molecule has 6 rings (SSSR count). The van der Waals surface area contributed by atoms with Gasteiger partial charge in [0.1, 0.15) is 23.8 Å². The summed E-state index contributed by atoms with van der Waals surface area (Å²) in [7, 11) is 0. The highest BCUT2D eigenvalue weighted by Gasteiger charge is 2.15. The second-order valence-electron chi connectivity index (χ2n) is 9.37. The van der Waals surface area contributed by atoms with Gasteiger partial charge in [0.2, 0.25) is 4.96 Å². The van der Waals surface area contributed by atoms with Crippen LogP contribution in [0.25, 0.3) is 40.1 Å². The van der Waals surface area contributed by atoms with Crippen LogP contribution in [0.5, 0.6) is 11.5 Å². The minimum atomic E-state index is -0.251. The topological polar surface area (TPSA) is 83.5 Å². The average Bonchev–Trinajstić information content (AvgIpc) is 3.71. The van der Waals surface area contributed by atoms with Crippen LogP contribution < -0.4 is 19.6 Å². The van der Waals surface area contributed by atoms with Crippen molar-refractivity contribution in [2.75, 3.05) is 13.2 Å². The fourth-order valence-corrected chi connectivity index (χ4v) is 5.55. The molecule has 0 N–H and O–H groups in total. The number of rotatable bonds is 10. The number of benzene rings is 3. The third-order valence-corrected chi connectivity index (χ3v) is 7.68. The fourth-order valence-electron chi connectivity index (χ4n) is 4.41. The Labute approximate surface area is 256 Å². The summed E-state index contributed by atoms with van der Waals surface area (Å²) in [5, 5.41) is 9.77. The number of fused-ring (bicyclic) bond motifs is 1. The van der Waals surface area contributed by atoms with E-state index in [2.05, 4.69) is 16.7 Å². The Bertz CT molecular complexity index is 2050. The van der Waals surface area contributed by atoms with Crippen LogP contribution in [0.4, 0.5) is 0 Å². The molecule has 0 aliphatic heterocycles. The molecule has 0 aliphatic rings. The zero-order chi connectivity index (χ0) is 29.8. The van der Waals surface area contributed by atoms with Gasteiger partial charge in [-0.05, 0) is 67.1 Å². The minimum absolute atomic E-state index is 0.251. The molecule has 214 valence electrons. The fraction of sp³-hybridized carbons (Fsp3) is 0.0909. The highest BCUT2D eigenvalue weighted by Crippen LogP contribution is 2.32. The van der Waals surface area contributed by atoms with Crippen molar-refractivity contribution in [2.45, 2.75) is 6.92 Å². The number of nitrogens with zero attached hydrogens (tertiary/aromatic N) is 5. The van der Waals surface area contributed by atoms with Gasteiger partial charge < -0.3 is 9.47 Å². The summed E-state index contributed by atoms with van der Waals surface area (Å²) in [4.78, 5) is 18.4. The molecule has 3 aromatic heterocycles. The SMILES string of the molecule is C=CCOc1ccc(/C=C/c2nc3s/c(=C\c4cn(-c5ccccc5)nc4-c4ccc(OCC)c(Cl)c4)c(=O)n3n2)cc1. The molecule has 0 spiro atoms. The molecule has 43 heavy (non-hydrogen) atoms. The Morgan fingerprint density at radius 3 is 2.53 bits per heavy atom. The van der Waals surface area contributed by atoms with E-state index < -0.39 is 0 Å². The van der Waals surface area contributed by atoms with Gasteiger partial charge in [0.05, 0.1) is 21.8 Å². The van der Waals surface area contributed by atoms with Crippen LogP contribution in [0.3, 0.4) is 0 Å². The summed E-state index contributed by atoms with van der Waals surface area (Å²) in [6, 6.07) is 23.0. The lowest BCUT2D eigenvalue weighted by Crippen LogP contribution is -2.23. The molecule has 0 radical (unpaired) electrons. The molecule has 0 unspecified atom stereocenters. The molecule has 0 bridgehead atoms. The maximum absolute atomic E-state index is 13.4. The first-order valence-corrected chi connectivity index (χ1v) is 14.7. The van der Waals surface area contributed by atoms with Gasteiger partial charge in [-0.3, -0.25) is 4.79 Å². The predicted octanol–water partition coefficient (Wildman–Crippen LogP) is 6.34. The van der Waals surface area contributed by atoms with E-state index in [-0.39, 0.29) is 5.56 Å². The van der Waals surface area contributed by atoms with Gasteiger partial charge in [-0.15, -0.1) is 5.10 Å². The van der Waals surface area contributed by atoms with Crippen LogP contribution >= 0.6 is 22.9 Å². The summed E-state index contributed by atoms with van der Waals surface area (Å²) in [6.07, 6.45) is 9.08.